The summed E-state index contributed by atoms with van der Waals surface area (Å²) in [5, 5.41) is 8.60. The van der Waals surface area contributed by atoms with E-state index in [1.807, 2.05) is 6.92 Å². The predicted octanol–water partition coefficient (Wildman–Crippen LogP) is 1.90. The van der Waals surface area contributed by atoms with Crippen molar-refractivity contribution in [3.63, 3.8) is 0 Å². The van der Waals surface area contributed by atoms with Crippen LogP contribution in [0.1, 0.15) is 39.5 Å². The van der Waals surface area contributed by atoms with E-state index < -0.39 is 5.97 Å². The Hall–Kier alpha value is 1.07. The van der Waals surface area contributed by atoms with Crippen LogP contribution >= 0.6 is 0 Å². The van der Waals surface area contributed by atoms with Gasteiger partial charge in [0.05, 0.1) is 5.92 Å². The number of unbranched alkanes of at least 4 members (excludes halogenated alkanes) is 1. The second kappa shape index (κ2) is 12.1. The number of carbonyl (C=O) groups is 1. The summed E-state index contributed by atoms with van der Waals surface area (Å²) < 4.78 is 0. The molecule has 0 aromatic carbocycles. The van der Waals surface area contributed by atoms with E-state index in [-0.39, 0.29) is 53.8 Å². The average molecular weight is 401 g/mol. The molecule has 0 saturated carbocycles. The van der Waals surface area contributed by atoms with E-state index in [0.29, 0.717) is 0 Å². The quantitative estimate of drug-likeness (QED) is 0.715. The molecule has 0 rings (SSSR count). The van der Waals surface area contributed by atoms with Gasteiger partial charge in [0.15, 0.2) is 0 Å². The first-order valence-electron chi connectivity index (χ1n) is 3.95. The topological polar surface area (TPSA) is 37.3 Å². The number of aliphatic carboxylic acids is 1. The zero-order chi connectivity index (χ0) is 7.98. The van der Waals surface area contributed by atoms with Crippen molar-refractivity contribution in [3.05, 3.63) is 0 Å². The second-order valence-corrected chi connectivity index (χ2v) is 2.59. The third-order valence-electron chi connectivity index (χ3n) is 1.75. The first-order chi connectivity index (χ1) is 4.72. The Morgan fingerprint density at radius 1 is 1.42 bits per heavy atom. The van der Waals surface area contributed by atoms with E-state index >= 15 is 0 Å². The van der Waals surface area contributed by atoms with Gasteiger partial charge in [0.2, 0.25) is 0 Å². The van der Waals surface area contributed by atoms with Gasteiger partial charge in [-0.1, -0.05) is 26.7 Å². The van der Waals surface area contributed by atoms with Gasteiger partial charge >= 0.3 is 5.97 Å². The molecule has 0 aliphatic rings. The molecule has 0 amide bonds. The molecule has 0 aromatic heterocycles. The summed E-state index contributed by atoms with van der Waals surface area (Å²) in [4.78, 5) is 10.4. The van der Waals surface area contributed by atoms with Crippen molar-refractivity contribution in [2.75, 3.05) is 0 Å². The van der Waals surface area contributed by atoms with E-state index in [9.17, 15) is 4.79 Å². The Balaban J connectivity index is -0.000000405. The molecule has 1 unspecified atom stereocenters. The molecule has 3 radical (unpaired) electrons. The molecule has 0 aliphatic heterocycles. The van der Waals surface area contributed by atoms with Crippen molar-refractivity contribution in [1.29, 1.82) is 0 Å². The minimum absolute atomic E-state index is 0. The van der Waals surface area contributed by atoms with Gasteiger partial charge < -0.3 is 5.11 Å². The Bertz CT molecular complexity index is 109. The molecule has 0 fully saturated rings. The summed E-state index contributed by atoms with van der Waals surface area (Å²) in [6.07, 6.45) is 3.71. The minimum Gasteiger partial charge on any atom is -0.481 e. The number of carboxylic acids is 1. The fourth-order valence-corrected chi connectivity index (χ4v) is 0.953. The number of hydrogen-bond donors (Lipinski definition) is 1. The summed E-state index contributed by atoms with van der Waals surface area (Å²) in [5.74, 6) is -0.754. The summed E-state index contributed by atoms with van der Waals surface area (Å²) in [6.45, 7) is 4.00. The van der Waals surface area contributed by atoms with Gasteiger partial charge in [-0.25, -0.2) is 0 Å². The normalized spacial score (nSPS) is 10.8. The van der Waals surface area contributed by atoms with E-state index in [1.54, 1.807) is 0 Å². The fourth-order valence-electron chi connectivity index (χ4n) is 0.953. The Kier molecular flexibility index (Phi) is 18.9. The number of hydrogen-bond acceptors (Lipinski definition) is 1. The Morgan fingerprint density at radius 3 is 2.17 bits per heavy atom. The van der Waals surface area contributed by atoms with Gasteiger partial charge in [-0.05, 0) is 12.8 Å². The predicted molar refractivity (Wildman–Crippen MR) is 46.7 cm³/mol. The molecular formula is C8H16BiO2Ti. The van der Waals surface area contributed by atoms with E-state index in [2.05, 4.69) is 6.92 Å². The van der Waals surface area contributed by atoms with Gasteiger partial charge in [-0.3, -0.25) is 4.79 Å². The van der Waals surface area contributed by atoms with Crippen LogP contribution < -0.4 is 0 Å². The van der Waals surface area contributed by atoms with Gasteiger partial charge in [-0.2, -0.15) is 0 Å². The Labute approximate surface area is 109 Å². The van der Waals surface area contributed by atoms with Crippen LogP contribution in [0.15, 0.2) is 0 Å². The molecule has 0 saturated heterocycles. The first-order valence-corrected chi connectivity index (χ1v) is 3.95. The molecular weight excluding hydrogens is 385 g/mol. The molecule has 2 nitrogen and oxygen atoms in total. The number of carboxylic acid groups (broad SMARTS) is 1. The summed E-state index contributed by atoms with van der Waals surface area (Å²) in [5.41, 5.74) is 0. The Morgan fingerprint density at radius 2 is 1.92 bits per heavy atom. The summed E-state index contributed by atoms with van der Waals surface area (Å²) in [7, 11) is 0. The fraction of sp³-hybridized carbons (Fsp3) is 0.875. The molecule has 4 heteroatoms. The van der Waals surface area contributed by atoms with Crippen LogP contribution in [0.5, 0.6) is 0 Å². The van der Waals surface area contributed by atoms with Crippen LogP contribution in [-0.4, -0.2) is 37.3 Å². The molecule has 0 aliphatic carbocycles. The van der Waals surface area contributed by atoms with Gasteiger partial charge in [0.25, 0.3) is 0 Å². The van der Waals surface area contributed by atoms with Crippen molar-refractivity contribution in [2.24, 2.45) is 5.92 Å². The van der Waals surface area contributed by atoms with Crippen LogP contribution in [0.2, 0.25) is 0 Å². The minimum atomic E-state index is -0.643. The van der Waals surface area contributed by atoms with Gasteiger partial charge in [0.1, 0.15) is 0 Å². The molecule has 69 valence electrons. The maximum absolute atomic E-state index is 10.4. The molecule has 0 aromatic rings. The standard InChI is InChI=1S/C8H16O2.Bi.Ti/c1-3-5-6-7(4-2)8(9)10;;/h7H,3-6H2,1-2H3,(H,9,10);;. The zero-order valence-electron chi connectivity index (χ0n) is 7.71. The zero-order valence-corrected chi connectivity index (χ0v) is 12.7. The van der Waals surface area contributed by atoms with Crippen molar-refractivity contribution in [1.82, 2.24) is 0 Å². The molecule has 1 atom stereocenters. The summed E-state index contributed by atoms with van der Waals surface area (Å²) >= 11 is 0. The van der Waals surface area contributed by atoms with Gasteiger partial charge in [0, 0.05) is 47.9 Å². The van der Waals surface area contributed by atoms with Crippen molar-refractivity contribution in [2.45, 2.75) is 39.5 Å². The van der Waals surface area contributed by atoms with Crippen LogP contribution in [0.25, 0.3) is 0 Å². The molecule has 12 heavy (non-hydrogen) atoms. The van der Waals surface area contributed by atoms with E-state index in [0.717, 1.165) is 25.7 Å². The monoisotopic (exact) mass is 401 g/mol. The van der Waals surface area contributed by atoms with Crippen LogP contribution in [0, 0.1) is 5.92 Å². The maximum Gasteiger partial charge on any atom is 0.306 e. The van der Waals surface area contributed by atoms with Gasteiger partial charge in [-0.15, -0.1) is 0 Å². The number of rotatable bonds is 5. The molecule has 1 N–H and O–H groups in total. The third kappa shape index (κ3) is 9.16. The second-order valence-electron chi connectivity index (χ2n) is 2.59. The van der Waals surface area contributed by atoms with Crippen LogP contribution in [0.3, 0.4) is 0 Å². The summed E-state index contributed by atoms with van der Waals surface area (Å²) in [6, 6.07) is 0. The van der Waals surface area contributed by atoms with Crippen LogP contribution in [0.4, 0.5) is 0 Å². The SMILES string of the molecule is CCCCC(CC)C(=O)O.[Bi].[Ti]. The van der Waals surface area contributed by atoms with E-state index in [4.69, 9.17) is 5.11 Å². The van der Waals surface area contributed by atoms with Crippen molar-refractivity contribution < 1.29 is 31.6 Å². The first kappa shape index (κ1) is 18.8. The van der Waals surface area contributed by atoms with Crippen molar-refractivity contribution in [3.8, 4) is 0 Å². The molecule has 0 spiro atoms. The average Bonchev–Trinajstić information content (AvgIpc) is 1.89. The third-order valence-corrected chi connectivity index (χ3v) is 1.75. The molecule has 0 heterocycles. The van der Waals surface area contributed by atoms with E-state index in [1.165, 1.54) is 0 Å². The maximum atomic E-state index is 10.4. The smallest absolute Gasteiger partial charge is 0.306 e. The van der Waals surface area contributed by atoms with Crippen LogP contribution in [-0.2, 0) is 26.5 Å². The largest absolute Gasteiger partial charge is 0.481 e. The van der Waals surface area contributed by atoms with Crippen molar-refractivity contribution >= 4 is 32.2 Å². The molecule has 0 bridgehead atoms.